The molecule has 90 valence electrons. The summed E-state index contributed by atoms with van der Waals surface area (Å²) in [5.74, 6) is -0.795. The van der Waals surface area contributed by atoms with E-state index in [2.05, 4.69) is 5.10 Å². The van der Waals surface area contributed by atoms with Crippen LogP contribution in [-0.2, 0) is 18.3 Å². The lowest BCUT2D eigenvalue weighted by Gasteiger charge is -2.17. The van der Waals surface area contributed by atoms with Crippen LogP contribution in [0.1, 0.15) is 18.2 Å². The lowest BCUT2D eigenvalue weighted by atomic mass is 9.97. The number of aliphatic carboxylic acids is 1. The van der Waals surface area contributed by atoms with Gasteiger partial charge in [-0.25, -0.2) is 9.48 Å². The van der Waals surface area contributed by atoms with Crippen LogP contribution in [0.2, 0.25) is 0 Å². The summed E-state index contributed by atoms with van der Waals surface area (Å²) in [5, 5.41) is 22.7. The molecule has 0 radical (unpaired) electrons. The number of rotatable bonds is 4. The van der Waals surface area contributed by atoms with Gasteiger partial charge in [0.15, 0.2) is 5.60 Å². The average molecular weight is 228 g/mol. The van der Waals surface area contributed by atoms with Crippen molar-refractivity contribution in [2.24, 2.45) is 7.05 Å². The van der Waals surface area contributed by atoms with Gasteiger partial charge in [0, 0.05) is 19.0 Å². The molecule has 6 heteroatoms. The summed E-state index contributed by atoms with van der Waals surface area (Å²) < 4.78 is 6.64. The Bertz CT molecular complexity index is 409. The molecule has 0 aliphatic heterocycles. The molecular weight excluding hydrogens is 212 g/mol. The summed E-state index contributed by atoms with van der Waals surface area (Å²) in [6.45, 7) is 3.00. The van der Waals surface area contributed by atoms with E-state index in [-0.39, 0.29) is 6.42 Å². The van der Waals surface area contributed by atoms with Gasteiger partial charge in [0.2, 0.25) is 5.88 Å². The Kier molecular flexibility index (Phi) is 3.23. The number of ether oxygens (including phenoxy) is 1. The third kappa shape index (κ3) is 2.16. The molecule has 0 spiro atoms. The van der Waals surface area contributed by atoms with Crippen molar-refractivity contribution in [3.63, 3.8) is 0 Å². The monoisotopic (exact) mass is 228 g/mol. The van der Waals surface area contributed by atoms with Crippen molar-refractivity contribution in [2.75, 3.05) is 7.11 Å². The van der Waals surface area contributed by atoms with Gasteiger partial charge in [0.25, 0.3) is 0 Å². The first-order valence-electron chi connectivity index (χ1n) is 4.82. The van der Waals surface area contributed by atoms with Crippen molar-refractivity contribution in [1.29, 1.82) is 0 Å². The molecule has 0 bridgehead atoms. The molecule has 6 nitrogen and oxygen atoms in total. The van der Waals surface area contributed by atoms with Gasteiger partial charge in [-0.2, -0.15) is 5.10 Å². The smallest absolute Gasteiger partial charge is 0.335 e. The highest BCUT2D eigenvalue weighted by molar-refractivity contribution is 5.77. The summed E-state index contributed by atoms with van der Waals surface area (Å²) in [6, 6.07) is 0. The summed E-state index contributed by atoms with van der Waals surface area (Å²) in [6.07, 6.45) is -0.0365. The zero-order chi connectivity index (χ0) is 12.5. The standard InChI is InChI=1S/C10H16N2O4/c1-6-7(5-10(2,15)9(13)14)8(16-4)12(3)11-6/h15H,5H2,1-4H3,(H,13,14). The van der Waals surface area contributed by atoms with Crippen LogP contribution in [0.15, 0.2) is 0 Å². The van der Waals surface area contributed by atoms with Crippen LogP contribution in [0, 0.1) is 6.92 Å². The van der Waals surface area contributed by atoms with Gasteiger partial charge in [-0.15, -0.1) is 0 Å². The van der Waals surface area contributed by atoms with E-state index < -0.39 is 11.6 Å². The van der Waals surface area contributed by atoms with Gasteiger partial charge in [0.1, 0.15) is 0 Å². The summed E-state index contributed by atoms with van der Waals surface area (Å²) in [4.78, 5) is 10.8. The molecule has 0 aromatic carbocycles. The molecule has 2 N–H and O–H groups in total. The molecule has 1 rings (SSSR count). The number of methoxy groups -OCH3 is 1. The Morgan fingerprint density at radius 3 is 2.62 bits per heavy atom. The summed E-state index contributed by atoms with van der Waals surface area (Å²) in [5.41, 5.74) is -0.556. The highest BCUT2D eigenvalue weighted by atomic mass is 16.5. The van der Waals surface area contributed by atoms with E-state index >= 15 is 0 Å². The van der Waals surface area contributed by atoms with Crippen molar-refractivity contribution in [3.8, 4) is 5.88 Å². The molecule has 1 atom stereocenters. The first-order chi connectivity index (χ1) is 7.29. The molecule has 16 heavy (non-hydrogen) atoms. The Balaban J connectivity index is 3.10. The van der Waals surface area contributed by atoms with Crippen LogP contribution in [0.25, 0.3) is 0 Å². The number of nitrogens with zero attached hydrogens (tertiary/aromatic N) is 2. The van der Waals surface area contributed by atoms with Gasteiger partial charge in [0.05, 0.1) is 12.8 Å². The molecule has 0 aliphatic rings. The Labute approximate surface area is 93.5 Å². The molecular formula is C10H16N2O4. The maximum atomic E-state index is 10.8. The molecule has 0 saturated heterocycles. The van der Waals surface area contributed by atoms with E-state index in [1.54, 1.807) is 14.0 Å². The van der Waals surface area contributed by atoms with Crippen LogP contribution in [0.5, 0.6) is 5.88 Å². The predicted octanol–water partition coefficient (Wildman–Crippen LogP) is 0.115. The van der Waals surface area contributed by atoms with Crippen LogP contribution in [-0.4, -0.2) is 38.7 Å². The number of aryl methyl sites for hydroxylation is 2. The third-order valence-corrected chi connectivity index (χ3v) is 2.46. The minimum Gasteiger partial charge on any atom is -0.481 e. The van der Waals surface area contributed by atoms with Gasteiger partial charge in [-0.3, -0.25) is 0 Å². The largest absolute Gasteiger partial charge is 0.481 e. The van der Waals surface area contributed by atoms with Crippen molar-refractivity contribution < 1.29 is 19.7 Å². The van der Waals surface area contributed by atoms with Crippen molar-refractivity contribution in [1.82, 2.24) is 9.78 Å². The predicted molar refractivity (Wildman–Crippen MR) is 56.5 cm³/mol. The van der Waals surface area contributed by atoms with Crippen LogP contribution in [0.4, 0.5) is 0 Å². The second-order valence-electron chi connectivity index (χ2n) is 3.95. The van der Waals surface area contributed by atoms with E-state index in [0.29, 0.717) is 17.1 Å². The fraction of sp³-hybridized carbons (Fsp3) is 0.600. The molecule has 1 aromatic rings. The Hall–Kier alpha value is -1.56. The van der Waals surface area contributed by atoms with Crippen molar-refractivity contribution in [2.45, 2.75) is 25.9 Å². The Morgan fingerprint density at radius 2 is 2.19 bits per heavy atom. The molecule has 0 fully saturated rings. The quantitative estimate of drug-likeness (QED) is 0.764. The minimum atomic E-state index is -1.82. The molecule has 1 unspecified atom stereocenters. The van der Waals surface area contributed by atoms with E-state index in [4.69, 9.17) is 9.84 Å². The molecule has 1 aromatic heterocycles. The molecule has 0 amide bonds. The normalized spacial score (nSPS) is 14.6. The van der Waals surface area contributed by atoms with Crippen LogP contribution in [0.3, 0.4) is 0 Å². The SMILES string of the molecule is COc1c(CC(C)(O)C(=O)O)c(C)nn1C. The lowest BCUT2D eigenvalue weighted by molar-refractivity contribution is -0.156. The number of hydrogen-bond acceptors (Lipinski definition) is 4. The summed E-state index contributed by atoms with van der Waals surface area (Å²) in [7, 11) is 3.18. The lowest BCUT2D eigenvalue weighted by Crippen LogP contribution is -2.37. The highest BCUT2D eigenvalue weighted by Crippen LogP contribution is 2.25. The van der Waals surface area contributed by atoms with Gasteiger partial charge in [-0.1, -0.05) is 0 Å². The number of carboxylic acid groups (broad SMARTS) is 1. The second-order valence-corrected chi connectivity index (χ2v) is 3.95. The maximum absolute atomic E-state index is 10.8. The first-order valence-corrected chi connectivity index (χ1v) is 4.82. The topological polar surface area (TPSA) is 84.6 Å². The number of aromatic nitrogens is 2. The van der Waals surface area contributed by atoms with Gasteiger partial charge < -0.3 is 14.9 Å². The number of carboxylic acids is 1. The first kappa shape index (κ1) is 12.5. The van der Waals surface area contributed by atoms with E-state index in [1.807, 2.05) is 0 Å². The van der Waals surface area contributed by atoms with E-state index in [9.17, 15) is 9.90 Å². The van der Waals surface area contributed by atoms with Crippen LogP contribution < -0.4 is 4.74 Å². The third-order valence-electron chi connectivity index (χ3n) is 2.46. The fourth-order valence-electron chi connectivity index (χ4n) is 1.56. The fourth-order valence-corrected chi connectivity index (χ4v) is 1.56. The number of hydrogen-bond donors (Lipinski definition) is 2. The molecule has 0 saturated carbocycles. The average Bonchev–Trinajstić information content (AvgIpc) is 2.40. The number of carbonyl (C=O) groups is 1. The minimum absolute atomic E-state index is 0.0365. The Morgan fingerprint density at radius 1 is 1.62 bits per heavy atom. The molecule has 0 aliphatic carbocycles. The zero-order valence-corrected chi connectivity index (χ0v) is 9.81. The summed E-state index contributed by atoms with van der Waals surface area (Å²) >= 11 is 0. The van der Waals surface area contributed by atoms with Crippen LogP contribution >= 0.6 is 0 Å². The van der Waals surface area contributed by atoms with Crippen molar-refractivity contribution in [3.05, 3.63) is 11.3 Å². The maximum Gasteiger partial charge on any atom is 0.335 e. The van der Waals surface area contributed by atoms with E-state index in [0.717, 1.165) is 0 Å². The highest BCUT2D eigenvalue weighted by Gasteiger charge is 2.33. The van der Waals surface area contributed by atoms with Crippen molar-refractivity contribution >= 4 is 5.97 Å². The second kappa shape index (κ2) is 4.13. The van der Waals surface area contributed by atoms with Gasteiger partial charge >= 0.3 is 5.97 Å². The molecule has 1 heterocycles. The van der Waals surface area contributed by atoms with E-state index in [1.165, 1.54) is 18.7 Å². The number of aliphatic hydroxyl groups is 1. The van der Waals surface area contributed by atoms with Gasteiger partial charge in [-0.05, 0) is 13.8 Å². The zero-order valence-electron chi connectivity index (χ0n) is 9.81.